The van der Waals surface area contributed by atoms with Crippen molar-refractivity contribution in [2.24, 2.45) is 0 Å². The Morgan fingerprint density at radius 3 is 2.39 bits per heavy atom. The fraction of sp³-hybridized carbons (Fsp3) is 0.167. The second kappa shape index (κ2) is 9.79. The van der Waals surface area contributed by atoms with Gasteiger partial charge in [0.2, 0.25) is 0 Å². The molecule has 168 valence electrons. The molecule has 9 heteroatoms. The molecule has 0 spiro atoms. The van der Waals surface area contributed by atoms with Gasteiger partial charge < -0.3 is 15.5 Å². The molecule has 3 N–H and O–H groups in total. The predicted molar refractivity (Wildman–Crippen MR) is 126 cm³/mol. The van der Waals surface area contributed by atoms with Crippen molar-refractivity contribution in [3.05, 3.63) is 88.3 Å². The van der Waals surface area contributed by atoms with Crippen LogP contribution in [0.3, 0.4) is 0 Å². The van der Waals surface area contributed by atoms with Crippen LogP contribution in [0, 0.1) is 11.2 Å². The number of hydrogen-bond acceptors (Lipinski definition) is 4. The van der Waals surface area contributed by atoms with Crippen LogP contribution < -0.4 is 10.6 Å². The minimum Gasteiger partial charge on any atom is -0.357 e. The van der Waals surface area contributed by atoms with E-state index in [-0.39, 0.29) is 22.6 Å². The fourth-order valence-electron chi connectivity index (χ4n) is 3.58. The first-order valence-electron chi connectivity index (χ1n) is 10.4. The lowest BCUT2D eigenvalue weighted by molar-refractivity contribution is 0.102. The molecule has 3 aromatic rings. The van der Waals surface area contributed by atoms with Crippen molar-refractivity contribution in [1.82, 2.24) is 9.88 Å². The number of carbonyl (C=O) groups is 2. The predicted octanol–water partition coefficient (Wildman–Crippen LogP) is 4.80. The number of nitrogens with one attached hydrogen (secondary N) is 3. The lowest BCUT2D eigenvalue weighted by Crippen LogP contribution is -2.28. The zero-order valence-electron chi connectivity index (χ0n) is 17.6. The molecule has 1 aromatic heterocycles. The first-order chi connectivity index (χ1) is 15.9. The Balaban J connectivity index is 1.50. The van der Waals surface area contributed by atoms with Gasteiger partial charge in [-0.1, -0.05) is 29.8 Å². The summed E-state index contributed by atoms with van der Waals surface area (Å²) >= 11 is 5.81. The van der Waals surface area contributed by atoms with Crippen LogP contribution in [-0.4, -0.2) is 40.6 Å². The third-order valence-electron chi connectivity index (χ3n) is 5.30. The number of anilines is 2. The lowest BCUT2D eigenvalue weighted by Gasteiger charge is -2.19. The first-order valence-corrected chi connectivity index (χ1v) is 10.8. The summed E-state index contributed by atoms with van der Waals surface area (Å²) in [6.07, 6.45) is 3.42. The van der Waals surface area contributed by atoms with E-state index in [2.05, 4.69) is 15.6 Å². The van der Waals surface area contributed by atoms with Crippen LogP contribution in [0.15, 0.2) is 60.8 Å². The van der Waals surface area contributed by atoms with Gasteiger partial charge in [-0.15, -0.1) is 0 Å². The highest BCUT2D eigenvalue weighted by atomic mass is 35.5. The van der Waals surface area contributed by atoms with E-state index in [9.17, 15) is 14.0 Å². The normalized spacial score (nSPS) is 13.0. The Hall–Kier alpha value is -3.78. The minimum absolute atomic E-state index is 0.178. The molecule has 7 nitrogen and oxygen atoms in total. The Morgan fingerprint density at radius 2 is 1.70 bits per heavy atom. The number of benzene rings is 2. The molecule has 1 aliphatic rings. The van der Waals surface area contributed by atoms with Crippen LogP contribution in [0.5, 0.6) is 0 Å². The van der Waals surface area contributed by atoms with E-state index in [1.165, 1.54) is 24.4 Å². The van der Waals surface area contributed by atoms with Crippen LogP contribution in [-0.2, 0) is 0 Å². The van der Waals surface area contributed by atoms with Crippen molar-refractivity contribution in [2.45, 2.75) is 12.8 Å². The van der Waals surface area contributed by atoms with Crippen LogP contribution >= 0.6 is 11.6 Å². The van der Waals surface area contributed by atoms with E-state index in [0.717, 1.165) is 25.9 Å². The van der Waals surface area contributed by atoms with Crippen molar-refractivity contribution >= 4 is 40.8 Å². The zero-order chi connectivity index (χ0) is 23.4. The highest BCUT2D eigenvalue weighted by molar-refractivity contribution is 6.30. The number of rotatable bonds is 5. The Bertz CT molecular complexity index is 1210. The molecule has 4 rings (SSSR count). The molecule has 1 aliphatic heterocycles. The van der Waals surface area contributed by atoms with Crippen LogP contribution in [0.2, 0.25) is 5.02 Å². The number of carbonyl (C=O) groups excluding carboxylic acids is 2. The number of halogens is 2. The first kappa shape index (κ1) is 22.4. The van der Waals surface area contributed by atoms with Crippen molar-refractivity contribution in [1.29, 1.82) is 5.41 Å². The Morgan fingerprint density at radius 1 is 0.970 bits per heavy atom. The smallest absolute Gasteiger partial charge is 0.258 e. The number of amides is 2. The molecule has 1 fully saturated rings. The van der Waals surface area contributed by atoms with Crippen molar-refractivity contribution < 1.29 is 14.0 Å². The third-order valence-corrected chi connectivity index (χ3v) is 5.52. The van der Waals surface area contributed by atoms with Gasteiger partial charge in [-0.05, 0) is 49.2 Å². The maximum absolute atomic E-state index is 14.8. The summed E-state index contributed by atoms with van der Waals surface area (Å²) < 4.78 is 14.8. The number of hydrogen-bond donors (Lipinski definition) is 3. The summed E-state index contributed by atoms with van der Waals surface area (Å²) in [5.74, 6) is -1.38. The largest absolute Gasteiger partial charge is 0.357 e. The van der Waals surface area contributed by atoms with E-state index < -0.39 is 17.6 Å². The molecule has 0 atom stereocenters. The summed E-state index contributed by atoms with van der Waals surface area (Å²) in [6, 6.07) is 13.7. The third kappa shape index (κ3) is 5.18. The molecule has 0 unspecified atom stereocenters. The van der Waals surface area contributed by atoms with Gasteiger partial charge in [0.25, 0.3) is 11.8 Å². The summed E-state index contributed by atoms with van der Waals surface area (Å²) in [5, 5.41) is 13.9. The maximum atomic E-state index is 14.8. The number of amidine groups is 1. The SMILES string of the molecule is N=C(c1ccc(C(=O)Nc2ccccc2C(=O)Nc2ccc(Cl)cn2)c(F)c1)N1CCCC1. The number of para-hydroxylation sites is 1. The van der Waals surface area contributed by atoms with Gasteiger partial charge in [-0.2, -0.15) is 0 Å². The van der Waals surface area contributed by atoms with E-state index in [1.807, 2.05) is 4.90 Å². The minimum atomic E-state index is -0.735. The lowest BCUT2D eigenvalue weighted by atomic mass is 10.1. The fourth-order valence-corrected chi connectivity index (χ4v) is 3.69. The monoisotopic (exact) mass is 465 g/mol. The topological polar surface area (TPSA) is 98.2 Å². The molecule has 0 saturated carbocycles. The van der Waals surface area contributed by atoms with E-state index in [0.29, 0.717) is 16.4 Å². The van der Waals surface area contributed by atoms with Gasteiger partial charge in [0, 0.05) is 24.8 Å². The van der Waals surface area contributed by atoms with E-state index in [1.54, 1.807) is 36.4 Å². The summed E-state index contributed by atoms with van der Waals surface area (Å²) in [6.45, 7) is 1.54. The van der Waals surface area contributed by atoms with Crippen molar-refractivity contribution in [3.8, 4) is 0 Å². The maximum Gasteiger partial charge on any atom is 0.258 e. The average Bonchev–Trinajstić information content (AvgIpc) is 3.35. The van der Waals surface area contributed by atoms with Gasteiger partial charge in [0.15, 0.2) is 0 Å². The van der Waals surface area contributed by atoms with Gasteiger partial charge >= 0.3 is 0 Å². The number of pyridine rings is 1. The van der Waals surface area contributed by atoms with Gasteiger partial charge in [-0.3, -0.25) is 15.0 Å². The second-order valence-electron chi connectivity index (χ2n) is 7.55. The molecule has 0 bridgehead atoms. The average molecular weight is 466 g/mol. The Kier molecular flexibility index (Phi) is 6.65. The zero-order valence-corrected chi connectivity index (χ0v) is 18.3. The Labute approximate surface area is 195 Å². The second-order valence-corrected chi connectivity index (χ2v) is 7.99. The molecule has 2 heterocycles. The van der Waals surface area contributed by atoms with E-state index >= 15 is 0 Å². The summed E-state index contributed by atoms with van der Waals surface area (Å²) in [4.78, 5) is 31.4. The number of aromatic nitrogens is 1. The summed E-state index contributed by atoms with van der Waals surface area (Å²) in [5.41, 5.74) is 0.654. The number of nitrogens with zero attached hydrogens (tertiary/aromatic N) is 2. The van der Waals surface area contributed by atoms with Crippen LogP contribution in [0.4, 0.5) is 15.9 Å². The molecule has 0 radical (unpaired) electrons. The molecule has 1 saturated heterocycles. The molecule has 33 heavy (non-hydrogen) atoms. The van der Waals surface area contributed by atoms with Gasteiger partial charge in [-0.25, -0.2) is 9.37 Å². The van der Waals surface area contributed by atoms with Gasteiger partial charge in [0.1, 0.15) is 17.5 Å². The number of likely N-dealkylation sites (tertiary alicyclic amines) is 1. The summed E-state index contributed by atoms with van der Waals surface area (Å²) in [7, 11) is 0. The highest BCUT2D eigenvalue weighted by Crippen LogP contribution is 2.21. The molecule has 2 aromatic carbocycles. The highest BCUT2D eigenvalue weighted by Gasteiger charge is 2.20. The van der Waals surface area contributed by atoms with Crippen LogP contribution in [0.25, 0.3) is 0 Å². The van der Waals surface area contributed by atoms with Crippen LogP contribution in [0.1, 0.15) is 39.1 Å². The standard InChI is InChI=1S/C24H21ClFN5O2/c25-16-8-10-21(28-14-16)30-24(33)18-5-1-2-6-20(18)29-23(32)17-9-7-15(13-19(17)26)22(27)31-11-3-4-12-31/h1-2,5-10,13-14,27H,3-4,11-12H2,(H,29,32)(H,28,30,33). The molecule has 2 amide bonds. The van der Waals surface area contributed by atoms with E-state index in [4.69, 9.17) is 17.0 Å². The molecular weight excluding hydrogens is 445 g/mol. The van der Waals surface area contributed by atoms with Crippen molar-refractivity contribution in [2.75, 3.05) is 23.7 Å². The molecular formula is C24H21ClFN5O2. The quantitative estimate of drug-likeness (QED) is 0.372. The molecule has 0 aliphatic carbocycles. The van der Waals surface area contributed by atoms with Crippen molar-refractivity contribution in [3.63, 3.8) is 0 Å². The van der Waals surface area contributed by atoms with Gasteiger partial charge in [0.05, 0.1) is 21.8 Å².